The Labute approximate surface area is 226 Å². The number of nitrogens with zero attached hydrogens (tertiary/aromatic N) is 4. The summed E-state index contributed by atoms with van der Waals surface area (Å²) in [5.74, 6) is -4.12. The normalized spacial score (nSPS) is 20.5. The molecule has 2 aromatic heterocycles. The van der Waals surface area contributed by atoms with E-state index in [1.807, 2.05) is 48.4 Å². The molecule has 0 bridgehead atoms. The van der Waals surface area contributed by atoms with Gasteiger partial charge in [0.25, 0.3) is 5.91 Å². The van der Waals surface area contributed by atoms with E-state index >= 15 is 0 Å². The van der Waals surface area contributed by atoms with Crippen LogP contribution in [-0.4, -0.2) is 85.9 Å². The first-order valence-electron chi connectivity index (χ1n) is 12.1. The second-order valence-electron chi connectivity index (χ2n) is 9.52. The van der Waals surface area contributed by atoms with Gasteiger partial charge in [-0.2, -0.15) is 26.3 Å². The zero-order valence-corrected chi connectivity index (χ0v) is 21.7. The molecule has 3 atom stereocenters. The van der Waals surface area contributed by atoms with E-state index in [1.165, 1.54) is 24.8 Å². The number of carbonyl (C=O) groups excluding carboxylic acids is 1. The molecular weight excluding hydrogens is 550 g/mol. The molecule has 1 saturated carbocycles. The number of hydrogen-bond acceptors (Lipinski definition) is 5. The topological polar surface area (TPSA) is 116 Å². The lowest BCUT2D eigenvalue weighted by Gasteiger charge is -2.39. The summed E-state index contributed by atoms with van der Waals surface area (Å²) in [6.45, 7) is 2.72. The number of pyridine rings is 1. The van der Waals surface area contributed by atoms with Gasteiger partial charge in [-0.1, -0.05) is 12.5 Å². The maximum atomic E-state index is 12.9. The summed E-state index contributed by atoms with van der Waals surface area (Å²) >= 11 is 0. The van der Waals surface area contributed by atoms with Crippen molar-refractivity contribution in [2.24, 2.45) is 18.9 Å². The van der Waals surface area contributed by atoms with Gasteiger partial charge in [0, 0.05) is 51.3 Å². The van der Waals surface area contributed by atoms with Crippen LogP contribution in [0.1, 0.15) is 35.3 Å². The minimum atomic E-state index is -5.08. The molecule has 2 aliphatic rings. The van der Waals surface area contributed by atoms with Gasteiger partial charge in [0.15, 0.2) is 0 Å². The Kier molecular flexibility index (Phi) is 11.1. The van der Waals surface area contributed by atoms with Crippen LogP contribution in [0.25, 0.3) is 0 Å². The molecule has 1 aliphatic carbocycles. The quantitative estimate of drug-likeness (QED) is 0.524. The van der Waals surface area contributed by atoms with Crippen molar-refractivity contribution in [3.05, 3.63) is 54.1 Å². The molecule has 2 N–H and O–H groups in total. The number of rotatable bonds is 4. The van der Waals surface area contributed by atoms with E-state index in [0.29, 0.717) is 17.9 Å². The molecule has 2 aromatic rings. The number of aliphatic carboxylic acids is 2. The molecule has 15 heteroatoms. The van der Waals surface area contributed by atoms with Gasteiger partial charge in [-0.25, -0.2) is 9.59 Å². The number of carboxylic acids is 2. The van der Waals surface area contributed by atoms with Crippen LogP contribution in [0, 0.1) is 11.8 Å². The number of aryl methyl sites for hydroxylation is 1. The molecule has 3 heterocycles. The molecule has 2 fully saturated rings. The second-order valence-corrected chi connectivity index (χ2v) is 9.52. The summed E-state index contributed by atoms with van der Waals surface area (Å²) < 4.78 is 65.4. The third-order valence-electron chi connectivity index (χ3n) is 6.72. The Balaban J connectivity index is 0.000000333. The number of amides is 1. The van der Waals surface area contributed by atoms with Crippen LogP contribution in [0.2, 0.25) is 0 Å². The molecule has 1 saturated heterocycles. The highest BCUT2D eigenvalue weighted by molar-refractivity contribution is 5.93. The van der Waals surface area contributed by atoms with Crippen LogP contribution in [0.15, 0.2) is 42.9 Å². The first-order valence-corrected chi connectivity index (χ1v) is 12.1. The molecular formula is C25H30F6N4O5. The van der Waals surface area contributed by atoms with Crippen molar-refractivity contribution < 1.29 is 50.9 Å². The van der Waals surface area contributed by atoms with Crippen molar-refractivity contribution in [3.63, 3.8) is 0 Å². The molecule has 222 valence electrons. The fourth-order valence-corrected chi connectivity index (χ4v) is 4.90. The average molecular weight is 581 g/mol. The lowest BCUT2D eigenvalue weighted by molar-refractivity contribution is -0.193. The van der Waals surface area contributed by atoms with Gasteiger partial charge in [-0.3, -0.25) is 14.7 Å². The van der Waals surface area contributed by atoms with Crippen LogP contribution in [0.3, 0.4) is 0 Å². The first-order chi connectivity index (χ1) is 18.5. The van der Waals surface area contributed by atoms with E-state index in [9.17, 15) is 31.1 Å². The summed E-state index contributed by atoms with van der Waals surface area (Å²) in [5, 5.41) is 14.2. The third-order valence-corrected chi connectivity index (χ3v) is 6.72. The molecule has 1 aliphatic heterocycles. The maximum Gasteiger partial charge on any atom is 0.490 e. The van der Waals surface area contributed by atoms with Crippen molar-refractivity contribution in [3.8, 4) is 0 Å². The Bertz CT molecular complexity index is 1110. The zero-order chi connectivity index (χ0) is 30.3. The van der Waals surface area contributed by atoms with Gasteiger partial charge in [0.1, 0.15) is 5.69 Å². The largest absolute Gasteiger partial charge is 0.490 e. The lowest BCUT2D eigenvalue weighted by Crippen LogP contribution is -2.43. The maximum absolute atomic E-state index is 12.9. The van der Waals surface area contributed by atoms with E-state index in [4.69, 9.17) is 19.8 Å². The van der Waals surface area contributed by atoms with Crippen molar-refractivity contribution in [2.45, 2.75) is 44.2 Å². The molecule has 40 heavy (non-hydrogen) atoms. The molecule has 0 aromatic carbocycles. The van der Waals surface area contributed by atoms with Gasteiger partial charge in [0.05, 0.1) is 0 Å². The van der Waals surface area contributed by atoms with Gasteiger partial charge < -0.3 is 19.7 Å². The van der Waals surface area contributed by atoms with Gasteiger partial charge >= 0.3 is 24.3 Å². The first kappa shape index (κ1) is 32.6. The Morgan fingerprint density at radius 2 is 1.60 bits per heavy atom. The molecule has 0 radical (unpaired) electrons. The number of hydrogen-bond donors (Lipinski definition) is 2. The minimum Gasteiger partial charge on any atom is -0.475 e. The number of alkyl halides is 6. The fraction of sp³-hybridized carbons (Fsp3) is 0.520. The number of fused-ring (bicyclic) bond motifs is 1. The highest BCUT2D eigenvalue weighted by Crippen LogP contribution is 2.39. The van der Waals surface area contributed by atoms with Gasteiger partial charge in [-0.15, -0.1) is 0 Å². The van der Waals surface area contributed by atoms with Gasteiger partial charge in [0.2, 0.25) is 0 Å². The fourth-order valence-electron chi connectivity index (χ4n) is 4.90. The van der Waals surface area contributed by atoms with E-state index in [-0.39, 0.29) is 5.91 Å². The zero-order valence-electron chi connectivity index (χ0n) is 21.7. The van der Waals surface area contributed by atoms with E-state index in [2.05, 4.69) is 27.9 Å². The average Bonchev–Trinajstić information content (AvgIpc) is 3.50. The summed E-state index contributed by atoms with van der Waals surface area (Å²) in [6, 6.07) is 8.56. The summed E-state index contributed by atoms with van der Waals surface area (Å²) in [6.07, 6.45) is -0.708. The van der Waals surface area contributed by atoms with Crippen LogP contribution in [-0.2, 0) is 23.2 Å². The van der Waals surface area contributed by atoms with E-state index in [0.717, 1.165) is 25.3 Å². The number of halogens is 6. The SMILES string of the molecule is CN(Cc1cccnc1)C1CCC[C@@H]2CN(C(=O)c3cccn3C)C[C@H]12.O=C(O)C(F)(F)F.O=C(O)C(F)(F)F. The standard InChI is InChI=1S/C21H28N4O.2C2HF3O2/c1-23-11-5-9-20(23)21(26)25-14-17-7-3-8-19(18(17)15-25)24(2)13-16-6-4-10-22-12-16;2*3-2(4,5)1(6)7/h4-6,9-12,17-19H,3,7-8,13-15H2,1-2H3;2*(H,6,7)/t17-,18+,19?;;/m1../s1. The smallest absolute Gasteiger partial charge is 0.475 e. The van der Waals surface area contributed by atoms with Crippen molar-refractivity contribution in [1.82, 2.24) is 19.4 Å². The van der Waals surface area contributed by atoms with Crippen LogP contribution >= 0.6 is 0 Å². The van der Waals surface area contributed by atoms with Crippen LogP contribution in [0.5, 0.6) is 0 Å². The number of carboxylic acid groups (broad SMARTS) is 2. The van der Waals surface area contributed by atoms with Crippen LogP contribution < -0.4 is 0 Å². The summed E-state index contributed by atoms with van der Waals surface area (Å²) in [7, 11) is 4.17. The van der Waals surface area contributed by atoms with Crippen molar-refractivity contribution in [1.29, 1.82) is 0 Å². The Morgan fingerprint density at radius 3 is 2.08 bits per heavy atom. The predicted octanol–water partition coefficient (Wildman–Crippen LogP) is 4.06. The van der Waals surface area contributed by atoms with Crippen molar-refractivity contribution in [2.75, 3.05) is 20.1 Å². The Hall–Kier alpha value is -3.62. The van der Waals surface area contributed by atoms with E-state index < -0.39 is 24.3 Å². The van der Waals surface area contributed by atoms with Crippen molar-refractivity contribution >= 4 is 17.8 Å². The summed E-state index contributed by atoms with van der Waals surface area (Å²) in [5.41, 5.74) is 2.05. The molecule has 1 unspecified atom stereocenters. The molecule has 4 rings (SSSR count). The number of carbonyl (C=O) groups is 3. The summed E-state index contributed by atoms with van der Waals surface area (Å²) in [4.78, 5) is 39.5. The highest BCUT2D eigenvalue weighted by atomic mass is 19.4. The molecule has 9 nitrogen and oxygen atoms in total. The van der Waals surface area contributed by atoms with Gasteiger partial charge in [-0.05, 0) is 55.5 Å². The highest BCUT2D eigenvalue weighted by Gasteiger charge is 2.43. The lowest BCUT2D eigenvalue weighted by atomic mass is 9.77. The minimum absolute atomic E-state index is 0.181. The number of aromatic nitrogens is 2. The van der Waals surface area contributed by atoms with Crippen LogP contribution in [0.4, 0.5) is 26.3 Å². The molecule has 0 spiro atoms. The van der Waals surface area contributed by atoms with E-state index in [1.54, 1.807) is 0 Å². The molecule has 1 amide bonds. The Morgan fingerprint density at radius 1 is 1.00 bits per heavy atom. The number of likely N-dealkylation sites (tertiary alicyclic amines) is 1. The third kappa shape index (κ3) is 9.24. The monoisotopic (exact) mass is 580 g/mol. The predicted molar refractivity (Wildman–Crippen MR) is 129 cm³/mol. The second kappa shape index (κ2) is 13.6.